The fourth-order valence-corrected chi connectivity index (χ4v) is 2.70. The minimum absolute atomic E-state index is 0.181. The van der Waals surface area contributed by atoms with Crippen LogP contribution in [0.15, 0.2) is 12.3 Å². The highest BCUT2D eigenvalue weighted by atomic mass is 16.4. The van der Waals surface area contributed by atoms with Gasteiger partial charge in [-0.3, -0.25) is 14.3 Å². The number of aryl methyl sites for hydroxylation is 1. The van der Waals surface area contributed by atoms with Gasteiger partial charge >= 0.3 is 5.97 Å². The Bertz CT molecular complexity index is 497. The monoisotopic (exact) mass is 265 g/mol. The number of nitrogens with zero attached hydrogens (tertiary/aromatic N) is 3. The van der Waals surface area contributed by atoms with Crippen molar-refractivity contribution >= 4 is 11.9 Å². The fraction of sp³-hybridized carbons (Fsp3) is 0.615. The second-order valence-corrected chi connectivity index (χ2v) is 5.19. The maximum Gasteiger partial charge on any atom is 0.311 e. The molecule has 1 fully saturated rings. The van der Waals surface area contributed by atoms with E-state index in [0.29, 0.717) is 25.1 Å². The third kappa shape index (κ3) is 2.47. The summed E-state index contributed by atoms with van der Waals surface area (Å²) in [5.41, 5.74) is -0.403. The van der Waals surface area contributed by atoms with Crippen LogP contribution in [0.4, 0.5) is 0 Å². The van der Waals surface area contributed by atoms with Crippen molar-refractivity contribution in [3.8, 4) is 0 Å². The molecule has 1 atom stereocenters. The highest BCUT2D eigenvalue weighted by Crippen LogP contribution is 2.36. The lowest BCUT2D eigenvalue weighted by Crippen LogP contribution is -2.37. The Balaban J connectivity index is 2.13. The number of likely N-dealkylation sites (tertiary alicyclic amines) is 1. The van der Waals surface area contributed by atoms with Gasteiger partial charge in [-0.15, -0.1) is 0 Å². The summed E-state index contributed by atoms with van der Waals surface area (Å²) in [4.78, 5) is 25.3. The molecule has 6 heteroatoms. The van der Waals surface area contributed by atoms with Gasteiger partial charge in [0.1, 0.15) is 5.69 Å². The molecule has 2 heterocycles. The van der Waals surface area contributed by atoms with Gasteiger partial charge in [-0.05, 0) is 18.9 Å². The molecule has 0 aromatic carbocycles. The predicted octanol–water partition coefficient (Wildman–Crippen LogP) is 1.14. The molecule has 1 aromatic rings. The molecule has 1 saturated heterocycles. The van der Waals surface area contributed by atoms with Gasteiger partial charge in [-0.2, -0.15) is 5.10 Å². The number of carbonyl (C=O) groups is 2. The molecular weight excluding hydrogens is 246 g/mol. The standard InChI is InChI=1S/C13H19N3O3/c1-3-5-13(12(18)19)6-8-16(9-13)11(17)10-4-7-15(2)14-10/h4,7H,3,5-6,8-9H2,1-2H3,(H,18,19). The highest BCUT2D eigenvalue weighted by Gasteiger charge is 2.45. The maximum atomic E-state index is 12.2. The molecule has 1 aliphatic heterocycles. The summed E-state index contributed by atoms with van der Waals surface area (Å²) in [6.07, 6.45) is 3.64. The second kappa shape index (κ2) is 5.03. The van der Waals surface area contributed by atoms with E-state index in [2.05, 4.69) is 5.10 Å². The largest absolute Gasteiger partial charge is 0.481 e. The number of amides is 1. The third-order valence-electron chi connectivity index (χ3n) is 3.76. The minimum atomic E-state index is -0.800. The van der Waals surface area contributed by atoms with Gasteiger partial charge in [0, 0.05) is 26.3 Å². The van der Waals surface area contributed by atoms with E-state index in [1.807, 2.05) is 6.92 Å². The molecule has 1 aliphatic rings. The molecule has 2 rings (SSSR count). The topological polar surface area (TPSA) is 75.4 Å². The summed E-state index contributed by atoms with van der Waals surface area (Å²) in [7, 11) is 1.75. The van der Waals surface area contributed by atoms with Crippen LogP contribution in [0.25, 0.3) is 0 Å². The van der Waals surface area contributed by atoms with E-state index in [9.17, 15) is 14.7 Å². The SMILES string of the molecule is CCCC1(C(=O)O)CCN(C(=O)c2ccn(C)n2)C1. The van der Waals surface area contributed by atoms with Crippen LogP contribution < -0.4 is 0 Å². The molecule has 0 saturated carbocycles. The summed E-state index contributed by atoms with van der Waals surface area (Å²) >= 11 is 0. The molecule has 0 radical (unpaired) electrons. The van der Waals surface area contributed by atoms with Crippen LogP contribution in [0.2, 0.25) is 0 Å². The van der Waals surface area contributed by atoms with Crippen molar-refractivity contribution in [1.29, 1.82) is 0 Å². The Hall–Kier alpha value is -1.85. The van der Waals surface area contributed by atoms with E-state index >= 15 is 0 Å². The molecule has 0 aliphatic carbocycles. The first-order valence-corrected chi connectivity index (χ1v) is 6.51. The summed E-state index contributed by atoms with van der Waals surface area (Å²) in [5, 5.41) is 13.5. The van der Waals surface area contributed by atoms with Gasteiger partial charge in [-0.25, -0.2) is 0 Å². The summed E-state index contributed by atoms with van der Waals surface area (Å²) in [6.45, 7) is 2.74. The number of carboxylic acid groups (broad SMARTS) is 1. The molecule has 1 amide bonds. The molecular formula is C13H19N3O3. The van der Waals surface area contributed by atoms with E-state index in [4.69, 9.17) is 0 Å². The number of hydrogen-bond donors (Lipinski definition) is 1. The van der Waals surface area contributed by atoms with Gasteiger partial charge in [0.25, 0.3) is 5.91 Å². The van der Waals surface area contributed by atoms with Crippen LogP contribution >= 0.6 is 0 Å². The molecule has 1 N–H and O–H groups in total. The van der Waals surface area contributed by atoms with Gasteiger partial charge in [0.05, 0.1) is 5.41 Å². The third-order valence-corrected chi connectivity index (χ3v) is 3.76. The van der Waals surface area contributed by atoms with Crippen LogP contribution in [0, 0.1) is 5.41 Å². The van der Waals surface area contributed by atoms with Crippen molar-refractivity contribution in [3.63, 3.8) is 0 Å². The van der Waals surface area contributed by atoms with E-state index in [-0.39, 0.29) is 12.5 Å². The predicted molar refractivity (Wildman–Crippen MR) is 68.7 cm³/mol. The molecule has 1 aromatic heterocycles. The zero-order valence-electron chi connectivity index (χ0n) is 11.3. The van der Waals surface area contributed by atoms with Crippen LogP contribution in [0.5, 0.6) is 0 Å². The van der Waals surface area contributed by atoms with Gasteiger partial charge in [-0.1, -0.05) is 13.3 Å². The van der Waals surface area contributed by atoms with E-state index < -0.39 is 11.4 Å². The molecule has 0 bridgehead atoms. The zero-order chi connectivity index (χ0) is 14.0. The lowest BCUT2D eigenvalue weighted by atomic mass is 9.83. The normalized spacial score (nSPS) is 22.7. The maximum absolute atomic E-state index is 12.2. The highest BCUT2D eigenvalue weighted by molar-refractivity contribution is 5.93. The minimum Gasteiger partial charge on any atom is -0.481 e. The van der Waals surface area contributed by atoms with Crippen molar-refractivity contribution < 1.29 is 14.7 Å². The van der Waals surface area contributed by atoms with Crippen molar-refractivity contribution in [2.75, 3.05) is 13.1 Å². The lowest BCUT2D eigenvalue weighted by molar-refractivity contribution is -0.148. The molecule has 19 heavy (non-hydrogen) atoms. The molecule has 1 unspecified atom stereocenters. The van der Waals surface area contributed by atoms with Gasteiger partial charge < -0.3 is 10.0 Å². The van der Waals surface area contributed by atoms with Crippen LogP contribution in [0.3, 0.4) is 0 Å². The van der Waals surface area contributed by atoms with E-state index in [1.165, 1.54) is 0 Å². The van der Waals surface area contributed by atoms with Crippen molar-refractivity contribution in [2.45, 2.75) is 26.2 Å². The first-order chi connectivity index (χ1) is 8.98. The molecule has 6 nitrogen and oxygen atoms in total. The average Bonchev–Trinajstić information content (AvgIpc) is 2.96. The first kappa shape index (κ1) is 13.6. The number of aromatic nitrogens is 2. The number of aliphatic carboxylic acids is 1. The number of carbonyl (C=O) groups excluding carboxylic acids is 1. The van der Waals surface area contributed by atoms with Crippen LogP contribution in [0.1, 0.15) is 36.7 Å². The Kier molecular flexibility index (Phi) is 3.59. The Morgan fingerprint density at radius 3 is 2.79 bits per heavy atom. The van der Waals surface area contributed by atoms with Crippen molar-refractivity contribution in [1.82, 2.24) is 14.7 Å². The number of rotatable bonds is 4. The van der Waals surface area contributed by atoms with Gasteiger partial charge in [0.2, 0.25) is 0 Å². The van der Waals surface area contributed by atoms with Gasteiger partial charge in [0.15, 0.2) is 0 Å². The number of carboxylic acids is 1. The first-order valence-electron chi connectivity index (χ1n) is 6.51. The van der Waals surface area contributed by atoms with Crippen LogP contribution in [-0.4, -0.2) is 44.8 Å². The van der Waals surface area contributed by atoms with E-state index in [0.717, 1.165) is 6.42 Å². The average molecular weight is 265 g/mol. The summed E-state index contributed by atoms with van der Waals surface area (Å²) in [5.74, 6) is -0.981. The van der Waals surface area contributed by atoms with E-state index in [1.54, 1.807) is 28.9 Å². The smallest absolute Gasteiger partial charge is 0.311 e. The molecule has 0 spiro atoms. The lowest BCUT2D eigenvalue weighted by Gasteiger charge is -2.23. The molecule has 104 valence electrons. The van der Waals surface area contributed by atoms with Crippen LogP contribution in [-0.2, 0) is 11.8 Å². The summed E-state index contributed by atoms with van der Waals surface area (Å²) < 4.78 is 1.57. The second-order valence-electron chi connectivity index (χ2n) is 5.19. The Morgan fingerprint density at radius 2 is 2.26 bits per heavy atom. The quantitative estimate of drug-likeness (QED) is 0.885. The zero-order valence-corrected chi connectivity index (χ0v) is 11.3. The number of hydrogen-bond acceptors (Lipinski definition) is 3. The van der Waals surface area contributed by atoms with Crippen molar-refractivity contribution in [3.05, 3.63) is 18.0 Å². The fourth-order valence-electron chi connectivity index (χ4n) is 2.70. The summed E-state index contributed by atoms with van der Waals surface area (Å²) in [6, 6.07) is 1.66. The van der Waals surface area contributed by atoms with Crippen molar-refractivity contribution in [2.24, 2.45) is 12.5 Å². The Morgan fingerprint density at radius 1 is 1.53 bits per heavy atom. The Labute approximate surface area is 112 Å².